The number of rotatable bonds is 8. The number of nitrogens with zero attached hydrogens (tertiary/aromatic N) is 5. The number of nitrogens with one attached hydrogen (secondary N) is 1. The van der Waals surface area contributed by atoms with Crippen molar-refractivity contribution < 1.29 is 14.6 Å². The average Bonchev–Trinajstić information content (AvgIpc) is 3.61. The number of carbonyl (C=O) groups excluding carboxylic acids is 1. The molecule has 0 spiro atoms. The second kappa shape index (κ2) is 12.4. The molecule has 46 heavy (non-hydrogen) atoms. The van der Waals surface area contributed by atoms with Crippen LogP contribution in [0.25, 0.3) is 32.8 Å². The summed E-state index contributed by atoms with van der Waals surface area (Å²) >= 11 is 0. The van der Waals surface area contributed by atoms with Crippen molar-refractivity contribution in [2.45, 2.75) is 56.7 Å². The molecule has 3 aromatic carbocycles. The van der Waals surface area contributed by atoms with Crippen LogP contribution in [-0.2, 0) is 4.79 Å². The van der Waals surface area contributed by atoms with Crippen LogP contribution in [0.15, 0.2) is 54.6 Å². The summed E-state index contributed by atoms with van der Waals surface area (Å²) in [5, 5.41) is 17.0. The van der Waals surface area contributed by atoms with Crippen molar-refractivity contribution in [3.63, 3.8) is 0 Å². The summed E-state index contributed by atoms with van der Waals surface area (Å²) in [5.74, 6) is 1.78. The van der Waals surface area contributed by atoms with E-state index < -0.39 is 0 Å². The summed E-state index contributed by atoms with van der Waals surface area (Å²) in [6.07, 6.45) is 6.39. The zero-order valence-electron chi connectivity index (χ0n) is 26.7. The number of likely N-dealkylation sites (tertiary alicyclic amines) is 2. The maximum Gasteiger partial charge on any atom is 0.319 e. The fraction of sp³-hybridized carbons (Fsp3) is 0.486. The number of ketones is 1. The number of carbonyl (C=O) groups is 1. The van der Waals surface area contributed by atoms with Crippen molar-refractivity contribution in [3.05, 3.63) is 54.6 Å². The van der Waals surface area contributed by atoms with Crippen molar-refractivity contribution in [3.8, 4) is 22.9 Å². The van der Waals surface area contributed by atoms with Crippen molar-refractivity contribution in [2.24, 2.45) is 5.92 Å². The van der Waals surface area contributed by atoms with Crippen LogP contribution in [0.2, 0.25) is 0 Å². The molecule has 9 nitrogen and oxygen atoms in total. The number of benzene rings is 3. The predicted octanol–water partition coefficient (Wildman–Crippen LogP) is 4.85. The molecule has 0 aliphatic carbocycles. The molecular formula is C37H44N6O3. The van der Waals surface area contributed by atoms with E-state index >= 15 is 0 Å². The highest BCUT2D eigenvalue weighted by Crippen LogP contribution is 2.40. The Bertz CT molecular complexity index is 1740. The first kappa shape index (κ1) is 29.6. The number of piperidine rings is 1. The van der Waals surface area contributed by atoms with Crippen molar-refractivity contribution >= 4 is 33.3 Å². The summed E-state index contributed by atoms with van der Waals surface area (Å²) in [7, 11) is 2.16. The van der Waals surface area contributed by atoms with Gasteiger partial charge < -0.3 is 25.0 Å². The number of likely N-dealkylation sites (N-methyl/N-ethyl adjacent to an activating group) is 1. The Labute approximate surface area is 270 Å². The van der Waals surface area contributed by atoms with Crippen LogP contribution < -0.4 is 15.0 Å². The van der Waals surface area contributed by atoms with E-state index in [9.17, 15) is 9.90 Å². The zero-order valence-corrected chi connectivity index (χ0v) is 26.7. The lowest BCUT2D eigenvalue weighted by Gasteiger charge is -2.42. The number of phenolic OH excluding ortho intramolecular Hbond substituents is 1. The molecule has 8 rings (SSSR count). The monoisotopic (exact) mass is 620 g/mol. The van der Waals surface area contributed by atoms with E-state index in [1.807, 2.05) is 30.3 Å². The van der Waals surface area contributed by atoms with Gasteiger partial charge in [-0.15, -0.1) is 0 Å². The van der Waals surface area contributed by atoms with Gasteiger partial charge in [-0.2, -0.15) is 9.97 Å². The highest BCUT2D eigenvalue weighted by Gasteiger charge is 2.42. The lowest BCUT2D eigenvalue weighted by molar-refractivity contribution is -0.125. The smallest absolute Gasteiger partial charge is 0.319 e. The van der Waals surface area contributed by atoms with E-state index in [2.05, 4.69) is 51.3 Å². The largest absolute Gasteiger partial charge is 0.508 e. The lowest BCUT2D eigenvalue weighted by atomic mass is 9.93. The molecule has 4 aliphatic heterocycles. The van der Waals surface area contributed by atoms with Crippen molar-refractivity contribution in [2.75, 3.05) is 57.8 Å². The molecule has 4 aliphatic rings. The fourth-order valence-corrected chi connectivity index (χ4v) is 8.37. The van der Waals surface area contributed by atoms with E-state index in [0.29, 0.717) is 43.1 Å². The third-order valence-corrected chi connectivity index (χ3v) is 10.9. The molecule has 4 fully saturated rings. The number of hydrogen-bond acceptors (Lipinski definition) is 9. The molecule has 4 aromatic rings. The molecule has 1 aromatic heterocycles. The normalized spacial score (nSPS) is 24.3. The predicted molar refractivity (Wildman–Crippen MR) is 182 cm³/mol. The molecule has 2 unspecified atom stereocenters. The minimum atomic E-state index is 0.194. The number of ether oxygens (including phenoxy) is 1. The minimum Gasteiger partial charge on any atom is -0.508 e. The van der Waals surface area contributed by atoms with Gasteiger partial charge in [0.1, 0.15) is 24.0 Å². The first-order chi connectivity index (χ1) is 22.5. The molecule has 2 bridgehead atoms. The molecule has 4 saturated heterocycles. The first-order valence-electron chi connectivity index (χ1n) is 17.1. The second-order valence-electron chi connectivity index (χ2n) is 13.8. The minimum absolute atomic E-state index is 0.194. The Balaban J connectivity index is 1.13. The van der Waals surface area contributed by atoms with Gasteiger partial charge >= 0.3 is 6.01 Å². The number of piperazine rings is 1. The van der Waals surface area contributed by atoms with Crippen molar-refractivity contribution in [1.82, 2.24) is 25.1 Å². The van der Waals surface area contributed by atoms with Crippen LogP contribution in [-0.4, -0.2) is 102 Å². The van der Waals surface area contributed by atoms with E-state index in [-0.39, 0.29) is 11.7 Å². The SMILES string of the molecule is CN1CCC[C@H]1COc1nc(N2C3CCC2CN(CC(=O)C2CCNCC2)C3)c2ccc(-c3cc(O)cc4ccccc34)cc2n1. The van der Waals surface area contributed by atoms with Gasteiger partial charge in [-0.1, -0.05) is 30.3 Å². The Morgan fingerprint density at radius 3 is 2.54 bits per heavy atom. The Hall–Kier alpha value is -3.79. The van der Waals surface area contributed by atoms with Crippen LogP contribution in [0, 0.1) is 5.92 Å². The van der Waals surface area contributed by atoms with Gasteiger partial charge in [0.15, 0.2) is 0 Å². The van der Waals surface area contributed by atoms with Crippen LogP contribution in [0.5, 0.6) is 11.8 Å². The topological polar surface area (TPSA) is 94.1 Å². The maximum absolute atomic E-state index is 13.2. The summed E-state index contributed by atoms with van der Waals surface area (Å²) in [5.41, 5.74) is 2.81. The molecule has 5 heterocycles. The summed E-state index contributed by atoms with van der Waals surface area (Å²) in [4.78, 5) is 30.5. The van der Waals surface area contributed by atoms with Gasteiger partial charge in [0.2, 0.25) is 0 Å². The maximum atomic E-state index is 13.2. The number of phenols is 1. The highest BCUT2D eigenvalue weighted by molar-refractivity contribution is 6.01. The van der Waals surface area contributed by atoms with Crippen molar-refractivity contribution in [1.29, 1.82) is 0 Å². The number of Topliss-reactive ketones (excluding diaryl/α,β-unsaturated/α-hetero) is 1. The number of aromatic nitrogens is 2. The van der Waals surface area contributed by atoms with E-state index in [1.54, 1.807) is 0 Å². The highest BCUT2D eigenvalue weighted by atomic mass is 16.5. The number of anilines is 1. The Kier molecular flexibility index (Phi) is 8.00. The van der Waals surface area contributed by atoms with Crippen LogP contribution in [0.3, 0.4) is 0 Å². The first-order valence-corrected chi connectivity index (χ1v) is 17.1. The summed E-state index contributed by atoms with van der Waals surface area (Å²) < 4.78 is 6.38. The van der Waals surface area contributed by atoms with Gasteiger partial charge in [-0.05, 0) is 111 Å². The molecule has 0 amide bonds. The van der Waals surface area contributed by atoms with Gasteiger partial charge in [-0.3, -0.25) is 9.69 Å². The standard InChI is InChI=1S/C37H44N6O3/c1-41-16-4-6-29(41)23-46-37-39-34-18-26(33-19-30(44)17-25-5-2-3-7-31(25)33)8-11-32(34)36(40-37)43-27-9-10-28(43)21-42(20-27)22-35(45)24-12-14-38-15-13-24/h2-3,5,7-8,11,17-19,24,27-29,38,44H,4,6,9-10,12-16,20-23H2,1H3/t27?,28?,29-/m0/s1. The molecule has 240 valence electrons. The number of aromatic hydroxyl groups is 1. The fourth-order valence-electron chi connectivity index (χ4n) is 8.37. The number of hydrogen-bond donors (Lipinski definition) is 2. The molecule has 9 heteroatoms. The third kappa shape index (κ3) is 5.69. The quantitative estimate of drug-likeness (QED) is 0.287. The van der Waals surface area contributed by atoms with Crippen LogP contribution in [0.1, 0.15) is 38.5 Å². The summed E-state index contributed by atoms with van der Waals surface area (Å²) in [6.45, 7) is 5.84. The molecule has 0 radical (unpaired) electrons. The average molecular weight is 621 g/mol. The van der Waals surface area contributed by atoms with Gasteiger partial charge in [0.25, 0.3) is 0 Å². The van der Waals surface area contributed by atoms with Crippen LogP contribution in [0.4, 0.5) is 5.82 Å². The van der Waals surface area contributed by atoms with Gasteiger partial charge in [0.05, 0.1) is 12.1 Å². The van der Waals surface area contributed by atoms with Gasteiger partial charge in [0, 0.05) is 42.5 Å². The lowest BCUT2D eigenvalue weighted by Crippen LogP contribution is -2.55. The molecule has 3 atom stereocenters. The molecule has 0 saturated carbocycles. The molecular weight excluding hydrogens is 576 g/mol. The zero-order chi connectivity index (χ0) is 31.2. The Morgan fingerprint density at radius 1 is 0.957 bits per heavy atom. The molecule has 2 N–H and O–H groups in total. The Morgan fingerprint density at radius 2 is 1.76 bits per heavy atom. The third-order valence-electron chi connectivity index (χ3n) is 10.9. The van der Waals surface area contributed by atoms with E-state index in [1.165, 1.54) is 6.42 Å². The number of fused-ring (bicyclic) bond motifs is 4. The van der Waals surface area contributed by atoms with Gasteiger partial charge in [-0.25, -0.2) is 0 Å². The van der Waals surface area contributed by atoms with E-state index in [4.69, 9.17) is 14.7 Å². The second-order valence-corrected chi connectivity index (χ2v) is 13.8. The van der Waals surface area contributed by atoms with Crippen LogP contribution >= 0.6 is 0 Å². The summed E-state index contributed by atoms with van der Waals surface area (Å²) in [6, 6.07) is 19.5. The van der Waals surface area contributed by atoms with E-state index in [0.717, 1.165) is 103 Å².